The van der Waals surface area contributed by atoms with Crippen molar-refractivity contribution in [3.8, 4) is 0 Å². The van der Waals surface area contributed by atoms with Crippen molar-refractivity contribution >= 4 is 40.0 Å². The number of hydrogen-bond donors (Lipinski definition) is 0. The van der Waals surface area contributed by atoms with Crippen LogP contribution >= 0.6 is 23.2 Å². The van der Waals surface area contributed by atoms with Gasteiger partial charge in [-0.3, -0.25) is 4.79 Å². The smallest absolute Gasteiger partial charge is 0.347 e. The average molecular weight is 525 g/mol. The first-order valence-electron chi connectivity index (χ1n) is 11.9. The Labute approximate surface area is 213 Å². The number of benzene rings is 2. The van der Waals surface area contributed by atoms with Gasteiger partial charge in [-0.25, -0.2) is 0 Å². The normalized spacial score (nSPS) is 16.8. The first-order valence-corrected chi connectivity index (χ1v) is 12.6. The average Bonchev–Trinajstić information content (AvgIpc) is 3.10. The van der Waals surface area contributed by atoms with E-state index >= 15 is 0 Å². The summed E-state index contributed by atoms with van der Waals surface area (Å²) < 4.78 is 40.1. The highest BCUT2D eigenvalue weighted by Crippen LogP contribution is 2.34. The lowest BCUT2D eigenvalue weighted by atomic mass is 9.98. The van der Waals surface area contributed by atoms with E-state index in [2.05, 4.69) is 6.92 Å². The number of carbonyl (C=O) groups is 1. The molecule has 0 N–H and O–H groups in total. The first kappa shape index (κ1) is 25.9. The Morgan fingerprint density at radius 3 is 2.60 bits per heavy atom. The number of rotatable bonds is 5. The van der Waals surface area contributed by atoms with Crippen LogP contribution in [0.15, 0.2) is 30.3 Å². The summed E-state index contributed by atoms with van der Waals surface area (Å²) in [4.78, 5) is 15.1. The van der Waals surface area contributed by atoms with E-state index in [0.717, 1.165) is 41.5 Å². The number of aryl methyl sites for hydroxylation is 3. The Balaban J connectivity index is 1.65. The van der Waals surface area contributed by atoms with Crippen LogP contribution < -0.4 is 0 Å². The second kappa shape index (κ2) is 10.1. The third-order valence-electron chi connectivity index (χ3n) is 6.94. The maximum atomic E-state index is 13.2. The standard InChI is InChI=1S/C27H29Cl2F3N2O/c1-16-5-4-10-34(15-16)26(35)20-6-7-23(28)22(25(20)29)14-19-13-21-17(2)11-18(8-9-27(30,31)32)12-24(21)33(19)3/h6-7,11-13,16H,4-5,8-10,14-15H2,1-3H3/t16-/m0/s1. The number of hydrogen-bond acceptors (Lipinski definition) is 1. The van der Waals surface area contributed by atoms with Crippen LogP contribution in [0.4, 0.5) is 13.2 Å². The first-order chi connectivity index (χ1) is 16.4. The summed E-state index contributed by atoms with van der Waals surface area (Å²) in [5.41, 5.74) is 4.46. The van der Waals surface area contributed by atoms with Gasteiger partial charge in [-0.05, 0) is 73.1 Å². The molecule has 0 bridgehead atoms. The molecule has 1 aromatic heterocycles. The van der Waals surface area contributed by atoms with E-state index in [1.54, 1.807) is 12.1 Å². The monoisotopic (exact) mass is 524 g/mol. The molecular formula is C27H29Cl2F3N2O. The zero-order valence-corrected chi connectivity index (χ0v) is 21.6. The van der Waals surface area contributed by atoms with Gasteiger partial charge in [0.15, 0.2) is 0 Å². The molecule has 2 aromatic carbocycles. The highest BCUT2D eigenvalue weighted by Gasteiger charge is 2.27. The van der Waals surface area contributed by atoms with Crippen molar-refractivity contribution in [1.29, 1.82) is 0 Å². The Bertz CT molecular complexity index is 1270. The van der Waals surface area contributed by atoms with Crippen LogP contribution in [0.25, 0.3) is 10.9 Å². The van der Waals surface area contributed by atoms with Gasteiger partial charge in [0.05, 0.1) is 10.6 Å². The molecule has 1 saturated heterocycles. The number of nitrogens with zero attached hydrogens (tertiary/aromatic N) is 2. The summed E-state index contributed by atoms with van der Waals surface area (Å²) in [7, 11) is 1.89. The molecule has 1 fully saturated rings. The molecule has 0 unspecified atom stereocenters. The summed E-state index contributed by atoms with van der Waals surface area (Å²) in [6.45, 7) is 5.48. The number of fused-ring (bicyclic) bond motifs is 1. The van der Waals surface area contributed by atoms with Crippen LogP contribution in [-0.2, 0) is 19.9 Å². The predicted molar refractivity (Wildman–Crippen MR) is 136 cm³/mol. The van der Waals surface area contributed by atoms with Crippen molar-refractivity contribution in [2.75, 3.05) is 13.1 Å². The highest BCUT2D eigenvalue weighted by atomic mass is 35.5. The van der Waals surface area contributed by atoms with E-state index in [1.165, 1.54) is 0 Å². The van der Waals surface area contributed by atoms with Crippen LogP contribution in [0.1, 0.15) is 58.9 Å². The molecule has 3 nitrogen and oxygen atoms in total. The van der Waals surface area contributed by atoms with Crippen LogP contribution in [0.5, 0.6) is 0 Å². The molecule has 35 heavy (non-hydrogen) atoms. The summed E-state index contributed by atoms with van der Waals surface area (Å²) in [6, 6.07) is 9.06. The third kappa shape index (κ3) is 5.64. The van der Waals surface area contributed by atoms with Gasteiger partial charge in [0.25, 0.3) is 5.91 Å². The van der Waals surface area contributed by atoms with Gasteiger partial charge in [-0.1, -0.05) is 36.2 Å². The molecule has 3 aromatic rings. The van der Waals surface area contributed by atoms with Crippen molar-refractivity contribution in [1.82, 2.24) is 9.47 Å². The van der Waals surface area contributed by atoms with Crippen molar-refractivity contribution in [3.05, 3.63) is 68.3 Å². The summed E-state index contributed by atoms with van der Waals surface area (Å²) in [5.74, 6) is 0.375. The Morgan fingerprint density at radius 1 is 1.17 bits per heavy atom. The third-order valence-corrected chi connectivity index (χ3v) is 7.73. The maximum absolute atomic E-state index is 13.2. The SMILES string of the molecule is Cc1cc(CCC(F)(F)F)cc2c1cc(Cc1c(Cl)ccc(C(=O)N3CCC[C@H](C)C3)c1Cl)n2C. The predicted octanol–water partition coefficient (Wildman–Crippen LogP) is 7.75. The second-order valence-corrected chi connectivity index (χ2v) is 10.5. The van der Waals surface area contributed by atoms with E-state index in [0.29, 0.717) is 45.6 Å². The number of aromatic nitrogens is 1. The van der Waals surface area contributed by atoms with E-state index in [-0.39, 0.29) is 12.3 Å². The lowest BCUT2D eigenvalue weighted by Gasteiger charge is -2.31. The topological polar surface area (TPSA) is 25.2 Å². The van der Waals surface area contributed by atoms with Gasteiger partial charge in [-0.2, -0.15) is 13.2 Å². The zero-order valence-electron chi connectivity index (χ0n) is 20.1. The summed E-state index contributed by atoms with van der Waals surface area (Å²) in [5, 5.41) is 1.81. The van der Waals surface area contributed by atoms with Crippen molar-refractivity contribution < 1.29 is 18.0 Å². The molecule has 2 heterocycles. The van der Waals surface area contributed by atoms with Crippen molar-refractivity contribution in [2.24, 2.45) is 13.0 Å². The molecule has 188 valence electrons. The molecule has 1 amide bonds. The lowest BCUT2D eigenvalue weighted by Crippen LogP contribution is -2.39. The summed E-state index contributed by atoms with van der Waals surface area (Å²) in [6.07, 6.45) is -2.61. The molecule has 1 aliphatic heterocycles. The maximum Gasteiger partial charge on any atom is 0.389 e. The minimum absolute atomic E-state index is 0.0578. The fourth-order valence-corrected chi connectivity index (χ4v) is 5.57. The molecular weight excluding hydrogens is 496 g/mol. The number of halogens is 5. The minimum Gasteiger partial charge on any atom is -0.347 e. The van der Waals surface area contributed by atoms with Gasteiger partial charge in [0, 0.05) is 54.6 Å². The van der Waals surface area contributed by atoms with Crippen LogP contribution in [-0.4, -0.2) is 34.6 Å². The van der Waals surface area contributed by atoms with E-state index < -0.39 is 12.6 Å². The molecule has 1 atom stereocenters. The van der Waals surface area contributed by atoms with Crippen LogP contribution in [0, 0.1) is 12.8 Å². The number of alkyl halides is 3. The number of likely N-dealkylation sites (tertiary alicyclic amines) is 1. The Hall–Kier alpha value is -2.18. The number of amides is 1. The fraction of sp³-hybridized carbons (Fsp3) is 0.444. The van der Waals surface area contributed by atoms with Gasteiger partial charge >= 0.3 is 6.18 Å². The molecule has 0 spiro atoms. The van der Waals surface area contributed by atoms with E-state index in [4.69, 9.17) is 23.2 Å². The molecule has 4 rings (SSSR count). The largest absolute Gasteiger partial charge is 0.389 e. The van der Waals surface area contributed by atoms with Crippen molar-refractivity contribution in [2.45, 2.75) is 52.1 Å². The minimum atomic E-state index is -4.19. The second-order valence-electron chi connectivity index (χ2n) is 9.72. The molecule has 8 heteroatoms. The van der Waals surface area contributed by atoms with Crippen LogP contribution in [0.3, 0.4) is 0 Å². The Morgan fingerprint density at radius 2 is 1.91 bits per heavy atom. The Kier molecular flexibility index (Phi) is 7.44. The molecule has 0 saturated carbocycles. The number of carbonyl (C=O) groups excluding carboxylic acids is 1. The van der Waals surface area contributed by atoms with Crippen LogP contribution in [0.2, 0.25) is 10.0 Å². The van der Waals surface area contributed by atoms with E-state index in [9.17, 15) is 18.0 Å². The van der Waals surface area contributed by atoms with Gasteiger partial charge in [0.2, 0.25) is 0 Å². The molecule has 0 radical (unpaired) electrons. The number of piperidine rings is 1. The summed E-state index contributed by atoms with van der Waals surface area (Å²) >= 11 is 13.3. The lowest BCUT2D eigenvalue weighted by molar-refractivity contribution is -0.134. The van der Waals surface area contributed by atoms with Gasteiger partial charge < -0.3 is 9.47 Å². The zero-order chi connectivity index (χ0) is 25.5. The van der Waals surface area contributed by atoms with E-state index in [1.807, 2.05) is 41.6 Å². The fourth-order valence-electron chi connectivity index (χ4n) is 4.99. The molecule has 0 aliphatic carbocycles. The van der Waals surface area contributed by atoms with Crippen molar-refractivity contribution in [3.63, 3.8) is 0 Å². The van der Waals surface area contributed by atoms with Gasteiger partial charge in [0.1, 0.15) is 0 Å². The highest BCUT2D eigenvalue weighted by molar-refractivity contribution is 6.38. The molecule has 1 aliphatic rings. The van der Waals surface area contributed by atoms with Gasteiger partial charge in [-0.15, -0.1) is 0 Å². The quantitative estimate of drug-likeness (QED) is 0.334.